The molecule has 2 fully saturated rings. The Morgan fingerprint density at radius 1 is 0.875 bits per heavy atom. The molecule has 0 aliphatic heterocycles. The van der Waals surface area contributed by atoms with Crippen LogP contribution in [-0.4, -0.2) is 22.1 Å². The van der Waals surface area contributed by atoms with Gasteiger partial charge in [-0.2, -0.15) is 0 Å². The van der Waals surface area contributed by atoms with Crippen LogP contribution < -0.4 is 10.6 Å². The molecule has 2 N–H and O–H groups in total. The second-order valence-electron chi connectivity index (χ2n) is 7.20. The summed E-state index contributed by atoms with van der Waals surface area (Å²) in [4.78, 5) is 8.84. The van der Waals surface area contributed by atoms with Gasteiger partial charge in [0.1, 0.15) is 5.82 Å². The lowest BCUT2D eigenvalue weighted by Gasteiger charge is -2.30. The fraction of sp³-hybridized carbons (Fsp3) is 0.500. The number of pyridine rings is 2. The van der Waals surface area contributed by atoms with E-state index in [4.69, 9.17) is 0 Å². The lowest BCUT2D eigenvalue weighted by atomic mass is 9.82. The van der Waals surface area contributed by atoms with Crippen molar-refractivity contribution >= 4 is 11.5 Å². The molecule has 24 heavy (non-hydrogen) atoms. The Morgan fingerprint density at radius 2 is 1.75 bits per heavy atom. The number of hydrogen-bond donors (Lipinski definition) is 2. The van der Waals surface area contributed by atoms with E-state index in [0.29, 0.717) is 18.0 Å². The zero-order valence-corrected chi connectivity index (χ0v) is 14.1. The van der Waals surface area contributed by atoms with Crippen molar-refractivity contribution in [3.05, 3.63) is 48.4 Å². The monoisotopic (exact) mass is 322 g/mol. The average molecular weight is 322 g/mol. The quantitative estimate of drug-likeness (QED) is 0.846. The van der Waals surface area contributed by atoms with E-state index in [2.05, 4.69) is 38.8 Å². The minimum atomic E-state index is 0.524. The highest BCUT2D eigenvalue weighted by molar-refractivity contribution is 5.48. The van der Waals surface area contributed by atoms with E-state index in [-0.39, 0.29) is 0 Å². The van der Waals surface area contributed by atoms with E-state index >= 15 is 0 Å². The van der Waals surface area contributed by atoms with Crippen LogP contribution in [0.25, 0.3) is 0 Å². The third-order valence-corrected chi connectivity index (χ3v) is 5.42. The molecule has 4 rings (SSSR count). The van der Waals surface area contributed by atoms with Gasteiger partial charge in [-0.05, 0) is 68.2 Å². The van der Waals surface area contributed by atoms with Crippen LogP contribution in [0.15, 0.2) is 42.9 Å². The first kappa shape index (κ1) is 15.4. The van der Waals surface area contributed by atoms with Gasteiger partial charge in [0.05, 0.1) is 11.9 Å². The molecule has 4 nitrogen and oxygen atoms in total. The number of rotatable bonds is 5. The summed E-state index contributed by atoms with van der Waals surface area (Å²) in [5.74, 6) is 1.62. The van der Waals surface area contributed by atoms with Crippen molar-refractivity contribution in [2.75, 3.05) is 10.6 Å². The molecule has 0 aromatic carbocycles. The lowest BCUT2D eigenvalue weighted by Crippen LogP contribution is -2.28. The van der Waals surface area contributed by atoms with Crippen LogP contribution in [0.1, 0.15) is 56.4 Å². The minimum absolute atomic E-state index is 0.524. The third kappa shape index (κ3) is 3.69. The van der Waals surface area contributed by atoms with Crippen LogP contribution in [0.3, 0.4) is 0 Å². The molecule has 2 aliphatic rings. The molecule has 0 bridgehead atoms. The maximum Gasteiger partial charge on any atom is 0.126 e. The number of nitrogens with zero attached hydrogens (tertiary/aromatic N) is 2. The van der Waals surface area contributed by atoms with Gasteiger partial charge in [0.25, 0.3) is 0 Å². The number of anilines is 2. The Labute approximate surface area is 144 Å². The van der Waals surface area contributed by atoms with Crippen molar-refractivity contribution in [2.45, 2.75) is 62.9 Å². The average Bonchev–Trinajstić information content (AvgIpc) is 2.61. The third-order valence-electron chi connectivity index (χ3n) is 5.42. The summed E-state index contributed by atoms with van der Waals surface area (Å²) in [7, 11) is 0. The van der Waals surface area contributed by atoms with E-state index in [1.807, 2.05) is 24.7 Å². The largest absolute Gasteiger partial charge is 0.381 e. The number of hydrogen-bond acceptors (Lipinski definition) is 4. The molecule has 0 radical (unpaired) electrons. The van der Waals surface area contributed by atoms with Gasteiger partial charge >= 0.3 is 0 Å². The van der Waals surface area contributed by atoms with E-state index in [9.17, 15) is 0 Å². The normalized spacial score (nSPS) is 24.2. The predicted molar refractivity (Wildman–Crippen MR) is 98.4 cm³/mol. The molecule has 126 valence electrons. The molecule has 2 unspecified atom stereocenters. The summed E-state index contributed by atoms with van der Waals surface area (Å²) < 4.78 is 0. The minimum Gasteiger partial charge on any atom is -0.381 e. The molecule has 2 heterocycles. The van der Waals surface area contributed by atoms with Crippen LogP contribution in [0.4, 0.5) is 11.5 Å². The van der Waals surface area contributed by atoms with Gasteiger partial charge in [-0.25, -0.2) is 4.98 Å². The maximum atomic E-state index is 4.56. The smallest absolute Gasteiger partial charge is 0.126 e. The molecule has 2 aromatic heterocycles. The molecule has 4 heteroatoms. The van der Waals surface area contributed by atoms with Crippen molar-refractivity contribution in [3.8, 4) is 0 Å². The molecule has 2 aromatic rings. The van der Waals surface area contributed by atoms with Gasteiger partial charge in [-0.1, -0.05) is 12.5 Å². The highest BCUT2D eigenvalue weighted by Crippen LogP contribution is 2.33. The zero-order valence-electron chi connectivity index (χ0n) is 14.1. The van der Waals surface area contributed by atoms with Crippen molar-refractivity contribution < 1.29 is 0 Å². The standard InChI is InChI=1S/C20H26N4/c1-4-15(16-5-3-11-21-13-16)12-18(8-1)23-19-9-10-20(22-14-19)24-17-6-2-7-17/h3,5,9-11,13-15,17-18,23H,1-2,4,6-8,12H2,(H,22,24). The van der Waals surface area contributed by atoms with E-state index in [0.717, 1.165) is 11.5 Å². The fourth-order valence-electron chi connectivity index (χ4n) is 3.80. The zero-order chi connectivity index (χ0) is 16.2. The highest BCUT2D eigenvalue weighted by Gasteiger charge is 2.23. The van der Waals surface area contributed by atoms with Crippen LogP contribution in [0.5, 0.6) is 0 Å². The van der Waals surface area contributed by atoms with Crippen LogP contribution >= 0.6 is 0 Å². The second-order valence-corrected chi connectivity index (χ2v) is 7.20. The van der Waals surface area contributed by atoms with Crippen molar-refractivity contribution in [1.29, 1.82) is 0 Å². The molecular formula is C20H26N4. The molecule has 2 saturated carbocycles. The van der Waals surface area contributed by atoms with Crippen molar-refractivity contribution in [2.24, 2.45) is 0 Å². The molecule has 0 spiro atoms. The Kier molecular flexibility index (Phi) is 4.63. The fourth-order valence-corrected chi connectivity index (χ4v) is 3.80. The van der Waals surface area contributed by atoms with E-state index < -0.39 is 0 Å². The van der Waals surface area contributed by atoms with Gasteiger partial charge in [0.15, 0.2) is 0 Å². The van der Waals surface area contributed by atoms with Gasteiger partial charge in [-0.3, -0.25) is 4.98 Å². The van der Waals surface area contributed by atoms with Crippen molar-refractivity contribution in [3.63, 3.8) is 0 Å². The number of nitrogens with one attached hydrogen (secondary N) is 2. The lowest BCUT2D eigenvalue weighted by molar-refractivity contribution is 0.410. The Bertz CT molecular complexity index is 636. The van der Waals surface area contributed by atoms with Gasteiger partial charge in [-0.15, -0.1) is 0 Å². The summed E-state index contributed by atoms with van der Waals surface area (Å²) in [5.41, 5.74) is 2.51. The summed E-state index contributed by atoms with van der Waals surface area (Å²) in [5, 5.41) is 7.17. The maximum absolute atomic E-state index is 4.56. The predicted octanol–water partition coefficient (Wildman–Crippen LogP) is 4.58. The SMILES string of the molecule is c1cncc(C2CCCC(Nc3ccc(NC4CCC4)nc3)C2)c1. The van der Waals surface area contributed by atoms with Crippen molar-refractivity contribution in [1.82, 2.24) is 9.97 Å². The van der Waals surface area contributed by atoms with Crippen LogP contribution in [0.2, 0.25) is 0 Å². The van der Waals surface area contributed by atoms with Crippen LogP contribution in [0, 0.1) is 0 Å². The Morgan fingerprint density at radius 3 is 2.46 bits per heavy atom. The summed E-state index contributed by atoms with van der Waals surface area (Å²) in [6, 6.07) is 9.67. The summed E-state index contributed by atoms with van der Waals surface area (Å²) in [6.45, 7) is 0. The second kappa shape index (κ2) is 7.20. The summed E-state index contributed by atoms with van der Waals surface area (Å²) >= 11 is 0. The molecule has 0 amide bonds. The van der Waals surface area contributed by atoms with Crippen LogP contribution in [-0.2, 0) is 0 Å². The molecule has 2 atom stereocenters. The van der Waals surface area contributed by atoms with Gasteiger partial charge in [0.2, 0.25) is 0 Å². The topological polar surface area (TPSA) is 49.8 Å². The van der Waals surface area contributed by atoms with E-state index in [1.165, 1.54) is 50.5 Å². The first-order chi connectivity index (χ1) is 11.9. The number of aromatic nitrogens is 2. The molecule has 2 aliphatic carbocycles. The Balaban J connectivity index is 1.34. The molecule has 0 saturated heterocycles. The first-order valence-corrected chi connectivity index (χ1v) is 9.26. The molecular weight excluding hydrogens is 296 g/mol. The van der Waals surface area contributed by atoms with Gasteiger partial charge in [0, 0.05) is 24.5 Å². The van der Waals surface area contributed by atoms with Gasteiger partial charge < -0.3 is 10.6 Å². The Hall–Kier alpha value is -2.10. The van der Waals surface area contributed by atoms with E-state index in [1.54, 1.807) is 0 Å². The highest BCUT2D eigenvalue weighted by atomic mass is 15.0. The first-order valence-electron chi connectivity index (χ1n) is 9.26. The summed E-state index contributed by atoms with van der Waals surface area (Å²) in [6.07, 6.45) is 14.7.